The molecular weight excluding hydrogens is 268 g/mol. The highest BCUT2D eigenvalue weighted by Crippen LogP contribution is 2.15. The van der Waals surface area contributed by atoms with Crippen molar-refractivity contribution in [2.75, 3.05) is 18.4 Å². The van der Waals surface area contributed by atoms with Crippen LogP contribution in [0, 0.1) is 0 Å². The standard InChI is InChI=1S/C16H18N2O3/c1-12-7-9-18(10-8-12)16(21)17-14-4-2-3-13(11-14)5-6-15(19)20/h2-7,11H,8-10H2,1H3,(H,17,21)(H,19,20)/b6-5+. The van der Waals surface area contributed by atoms with Crippen LogP contribution in [-0.4, -0.2) is 35.1 Å². The average molecular weight is 286 g/mol. The number of benzene rings is 1. The van der Waals surface area contributed by atoms with E-state index in [1.165, 1.54) is 11.6 Å². The number of hydrogen-bond donors (Lipinski definition) is 2. The molecule has 0 saturated heterocycles. The third-order valence-electron chi connectivity index (χ3n) is 3.28. The third-order valence-corrected chi connectivity index (χ3v) is 3.28. The molecule has 1 aromatic rings. The summed E-state index contributed by atoms with van der Waals surface area (Å²) in [5.74, 6) is -1.00. The number of anilines is 1. The summed E-state index contributed by atoms with van der Waals surface area (Å²) in [4.78, 5) is 24.4. The van der Waals surface area contributed by atoms with Crippen molar-refractivity contribution in [2.45, 2.75) is 13.3 Å². The van der Waals surface area contributed by atoms with E-state index in [4.69, 9.17) is 5.11 Å². The summed E-state index contributed by atoms with van der Waals surface area (Å²) < 4.78 is 0. The Morgan fingerprint density at radius 1 is 1.38 bits per heavy atom. The van der Waals surface area contributed by atoms with Gasteiger partial charge in [-0.3, -0.25) is 0 Å². The minimum Gasteiger partial charge on any atom is -0.478 e. The molecule has 1 heterocycles. The topological polar surface area (TPSA) is 69.6 Å². The fourth-order valence-corrected chi connectivity index (χ4v) is 2.05. The van der Waals surface area contributed by atoms with Gasteiger partial charge in [-0.05, 0) is 37.1 Å². The molecule has 0 aliphatic carbocycles. The van der Waals surface area contributed by atoms with Crippen molar-refractivity contribution in [2.24, 2.45) is 0 Å². The van der Waals surface area contributed by atoms with Gasteiger partial charge in [0.15, 0.2) is 0 Å². The van der Waals surface area contributed by atoms with Crippen LogP contribution in [0.5, 0.6) is 0 Å². The van der Waals surface area contributed by atoms with Gasteiger partial charge in [-0.1, -0.05) is 23.8 Å². The molecule has 1 aliphatic heterocycles. The van der Waals surface area contributed by atoms with Gasteiger partial charge in [0.25, 0.3) is 0 Å². The van der Waals surface area contributed by atoms with E-state index in [1.807, 2.05) is 0 Å². The van der Waals surface area contributed by atoms with Crippen molar-refractivity contribution in [1.82, 2.24) is 4.90 Å². The fraction of sp³-hybridized carbons (Fsp3) is 0.250. The molecule has 2 amide bonds. The van der Waals surface area contributed by atoms with Crippen LogP contribution in [0.3, 0.4) is 0 Å². The molecule has 0 fully saturated rings. The first kappa shape index (κ1) is 14.8. The molecule has 5 heteroatoms. The lowest BCUT2D eigenvalue weighted by atomic mass is 10.1. The zero-order valence-corrected chi connectivity index (χ0v) is 11.9. The quantitative estimate of drug-likeness (QED) is 0.663. The first-order valence-corrected chi connectivity index (χ1v) is 6.77. The van der Waals surface area contributed by atoms with Gasteiger partial charge in [-0.25, -0.2) is 9.59 Å². The summed E-state index contributed by atoms with van der Waals surface area (Å²) in [5.41, 5.74) is 2.68. The molecule has 0 unspecified atom stereocenters. The lowest BCUT2D eigenvalue weighted by molar-refractivity contribution is -0.131. The Morgan fingerprint density at radius 2 is 2.19 bits per heavy atom. The molecule has 21 heavy (non-hydrogen) atoms. The molecule has 0 aromatic heterocycles. The second-order valence-electron chi connectivity index (χ2n) is 4.97. The normalized spacial score (nSPS) is 14.9. The Labute approximate surface area is 123 Å². The predicted octanol–water partition coefficient (Wildman–Crippen LogP) is 2.97. The number of amides is 2. The summed E-state index contributed by atoms with van der Waals surface area (Å²) in [6.45, 7) is 3.40. The van der Waals surface area contributed by atoms with E-state index in [2.05, 4.69) is 18.3 Å². The monoisotopic (exact) mass is 286 g/mol. The summed E-state index contributed by atoms with van der Waals surface area (Å²) >= 11 is 0. The molecular formula is C16H18N2O3. The zero-order valence-electron chi connectivity index (χ0n) is 11.9. The van der Waals surface area contributed by atoms with Crippen molar-refractivity contribution in [3.63, 3.8) is 0 Å². The lowest BCUT2D eigenvalue weighted by Crippen LogP contribution is -2.37. The number of nitrogens with zero attached hydrogens (tertiary/aromatic N) is 1. The van der Waals surface area contributed by atoms with Crippen LogP contribution in [0.2, 0.25) is 0 Å². The van der Waals surface area contributed by atoms with E-state index in [0.717, 1.165) is 18.1 Å². The second kappa shape index (κ2) is 6.74. The minimum atomic E-state index is -1.00. The van der Waals surface area contributed by atoms with Crippen LogP contribution in [0.15, 0.2) is 42.0 Å². The van der Waals surface area contributed by atoms with Gasteiger partial charge in [0.05, 0.1) is 0 Å². The summed E-state index contributed by atoms with van der Waals surface area (Å²) in [7, 11) is 0. The molecule has 0 radical (unpaired) electrons. The van der Waals surface area contributed by atoms with Crippen LogP contribution >= 0.6 is 0 Å². The maximum atomic E-state index is 12.1. The number of hydrogen-bond acceptors (Lipinski definition) is 2. The Morgan fingerprint density at radius 3 is 2.86 bits per heavy atom. The van der Waals surface area contributed by atoms with Crippen LogP contribution in [-0.2, 0) is 4.79 Å². The van der Waals surface area contributed by atoms with Crippen molar-refractivity contribution in [3.8, 4) is 0 Å². The van der Waals surface area contributed by atoms with Gasteiger partial charge < -0.3 is 15.3 Å². The summed E-state index contributed by atoms with van der Waals surface area (Å²) in [5, 5.41) is 11.4. The van der Waals surface area contributed by atoms with Gasteiger partial charge in [-0.2, -0.15) is 0 Å². The molecule has 2 rings (SSSR count). The number of urea groups is 1. The number of carbonyl (C=O) groups excluding carboxylic acids is 1. The van der Waals surface area contributed by atoms with Crippen molar-refractivity contribution in [3.05, 3.63) is 47.6 Å². The maximum Gasteiger partial charge on any atom is 0.328 e. The minimum absolute atomic E-state index is 0.141. The van der Waals surface area contributed by atoms with E-state index in [0.29, 0.717) is 18.8 Å². The Balaban J connectivity index is 2.01. The number of carboxylic acids is 1. The van der Waals surface area contributed by atoms with Gasteiger partial charge in [-0.15, -0.1) is 0 Å². The SMILES string of the molecule is CC1=CCN(C(=O)Nc2cccc(/C=C/C(=O)O)c2)CC1. The van der Waals surface area contributed by atoms with Crippen molar-refractivity contribution < 1.29 is 14.7 Å². The largest absolute Gasteiger partial charge is 0.478 e. The van der Waals surface area contributed by atoms with E-state index in [1.54, 1.807) is 29.2 Å². The molecule has 0 spiro atoms. The van der Waals surface area contributed by atoms with Gasteiger partial charge in [0, 0.05) is 24.9 Å². The number of carboxylic acid groups (broad SMARTS) is 1. The highest BCUT2D eigenvalue weighted by atomic mass is 16.4. The van der Waals surface area contributed by atoms with Crippen LogP contribution in [0.25, 0.3) is 6.08 Å². The van der Waals surface area contributed by atoms with Gasteiger partial charge in [0.2, 0.25) is 0 Å². The number of nitrogens with one attached hydrogen (secondary N) is 1. The van der Waals surface area contributed by atoms with Crippen LogP contribution < -0.4 is 5.32 Å². The smallest absolute Gasteiger partial charge is 0.328 e. The van der Waals surface area contributed by atoms with Crippen molar-refractivity contribution in [1.29, 1.82) is 0 Å². The highest BCUT2D eigenvalue weighted by molar-refractivity contribution is 5.90. The zero-order chi connectivity index (χ0) is 15.2. The summed E-state index contributed by atoms with van der Waals surface area (Å²) in [6.07, 6.45) is 5.51. The first-order chi connectivity index (χ1) is 10.0. The number of aliphatic carboxylic acids is 1. The molecule has 5 nitrogen and oxygen atoms in total. The van der Waals surface area contributed by atoms with Crippen LogP contribution in [0.1, 0.15) is 18.9 Å². The highest BCUT2D eigenvalue weighted by Gasteiger charge is 2.15. The average Bonchev–Trinajstić information content (AvgIpc) is 2.46. The van der Waals surface area contributed by atoms with E-state index in [-0.39, 0.29) is 6.03 Å². The van der Waals surface area contributed by atoms with Gasteiger partial charge in [0.1, 0.15) is 0 Å². The summed E-state index contributed by atoms with van der Waals surface area (Å²) in [6, 6.07) is 6.93. The van der Waals surface area contributed by atoms with E-state index < -0.39 is 5.97 Å². The van der Waals surface area contributed by atoms with Crippen LogP contribution in [0.4, 0.5) is 10.5 Å². The maximum absolute atomic E-state index is 12.1. The number of carbonyl (C=O) groups is 2. The molecule has 1 aromatic carbocycles. The second-order valence-corrected chi connectivity index (χ2v) is 4.97. The lowest BCUT2D eigenvalue weighted by Gasteiger charge is -2.25. The Kier molecular flexibility index (Phi) is 4.77. The number of rotatable bonds is 3. The molecule has 0 atom stereocenters. The first-order valence-electron chi connectivity index (χ1n) is 6.77. The fourth-order valence-electron chi connectivity index (χ4n) is 2.05. The molecule has 1 aliphatic rings. The molecule has 2 N–H and O–H groups in total. The van der Waals surface area contributed by atoms with Crippen molar-refractivity contribution >= 4 is 23.8 Å². The molecule has 0 saturated carbocycles. The van der Waals surface area contributed by atoms with E-state index in [9.17, 15) is 9.59 Å². The molecule has 110 valence electrons. The Bertz CT molecular complexity index is 605. The van der Waals surface area contributed by atoms with Gasteiger partial charge >= 0.3 is 12.0 Å². The van der Waals surface area contributed by atoms with E-state index >= 15 is 0 Å². The Hall–Kier alpha value is -2.56. The predicted molar refractivity (Wildman–Crippen MR) is 82.1 cm³/mol. The third kappa shape index (κ3) is 4.49. The molecule has 0 bridgehead atoms.